The molecule has 0 atom stereocenters. The maximum atomic E-state index is 5.53. The average molecular weight is 677 g/mol. The fourth-order valence-corrected chi connectivity index (χ4v) is 8.30. The van der Waals surface area contributed by atoms with Crippen LogP contribution < -0.4 is 0 Å². The minimum atomic E-state index is -0.312. The molecule has 0 radical (unpaired) electrons. The summed E-state index contributed by atoms with van der Waals surface area (Å²) in [6, 6.07) is 65.4. The first-order valence-corrected chi connectivity index (χ1v) is 18.3. The van der Waals surface area contributed by atoms with Gasteiger partial charge in [-0.25, -0.2) is 9.97 Å². The molecule has 53 heavy (non-hydrogen) atoms. The van der Waals surface area contributed by atoms with E-state index in [2.05, 4.69) is 196 Å². The van der Waals surface area contributed by atoms with Crippen molar-refractivity contribution < 1.29 is 0 Å². The third-order valence-electron chi connectivity index (χ3n) is 11.0. The topological polar surface area (TPSA) is 25.8 Å². The Kier molecular flexibility index (Phi) is 7.19. The van der Waals surface area contributed by atoms with Crippen molar-refractivity contribution in [2.24, 2.45) is 0 Å². The molecule has 8 aromatic carbocycles. The van der Waals surface area contributed by atoms with Gasteiger partial charge in [0.05, 0.1) is 11.4 Å². The van der Waals surface area contributed by atoms with Gasteiger partial charge in [0, 0.05) is 22.1 Å². The lowest BCUT2D eigenvalue weighted by atomic mass is 9.84. The molecule has 2 heteroatoms. The number of benzene rings is 8. The highest BCUT2D eigenvalue weighted by Gasteiger charge is 2.41. The van der Waals surface area contributed by atoms with E-state index in [1.165, 1.54) is 55.1 Å². The van der Waals surface area contributed by atoms with Crippen molar-refractivity contribution in [3.63, 3.8) is 0 Å². The normalized spacial score (nSPS) is 12.9. The second-order valence-electron chi connectivity index (χ2n) is 14.6. The second kappa shape index (κ2) is 12.3. The van der Waals surface area contributed by atoms with Crippen LogP contribution in [0.5, 0.6) is 0 Å². The summed E-state index contributed by atoms with van der Waals surface area (Å²) >= 11 is 0. The first kappa shape index (κ1) is 31.1. The molecule has 9 aromatic rings. The summed E-state index contributed by atoms with van der Waals surface area (Å²) in [7, 11) is 0. The van der Waals surface area contributed by atoms with Gasteiger partial charge >= 0.3 is 0 Å². The Hall–Kier alpha value is -6.64. The maximum Gasteiger partial charge on any atom is 0.160 e. The first-order valence-electron chi connectivity index (χ1n) is 18.3. The van der Waals surface area contributed by atoms with Gasteiger partial charge in [0.15, 0.2) is 5.82 Å². The molecule has 0 spiro atoms. The number of hydrogen-bond acceptors (Lipinski definition) is 2. The van der Waals surface area contributed by atoms with Crippen LogP contribution in [0.4, 0.5) is 0 Å². The quantitative estimate of drug-likeness (QED) is 0.181. The molecule has 1 aliphatic carbocycles. The summed E-state index contributed by atoms with van der Waals surface area (Å²) < 4.78 is 0. The first-order chi connectivity index (χ1) is 26.0. The van der Waals surface area contributed by atoms with E-state index in [0.717, 1.165) is 44.9 Å². The Bertz CT molecular complexity index is 2840. The van der Waals surface area contributed by atoms with Gasteiger partial charge < -0.3 is 0 Å². The van der Waals surface area contributed by atoms with Crippen LogP contribution >= 0.6 is 0 Å². The fraction of sp³-hybridized carbons (Fsp3) is 0.0588. The smallest absolute Gasteiger partial charge is 0.160 e. The van der Waals surface area contributed by atoms with E-state index < -0.39 is 0 Å². The van der Waals surface area contributed by atoms with Gasteiger partial charge in [-0.1, -0.05) is 184 Å². The third-order valence-corrected chi connectivity index (χ3v) is 11.0. The third kappa shape index (κ3) is 5.18. The number of rotatable bonds is 5. The van der Waals surface area contributed by atoms with Gasteiger partial charge in [-0.3, -0.25) is 0 Å². The van der Waals surface area contributed by atoms with Crippen LogP contribution in [0.2, 0.25) is 0 Å². The highest BCUT2D eigenvalue weighted by molar-refractivity contribution is 6.06. The van der Waals surface area contributed by atoms with Gasteiger partial charge in [0.2, 0.25) is 0 Å². The lowest BCUT2D eigenvalue weighted by Crippen LogP contribution is -2.17. The largest absolute Gasteiger partial charge is 0.231 e. The van der Waals surface area contributed by atoms with Crippen LogP contribution in [-0.4, -0.2) is 9.97 Å². The molecule has 0 fully saturated rings. The SMILES string of the molecule is CC1(C)c2ccc3ccccc3c2-c2c(-c3cccc(-c4cccc(-c5ccc(-c6ccccc6)cc5)c4)c3)nc(-c3cccc4ccccc34)nc21. The van der Waals surface area contributed by atoms with Crippen LogP contribution in [0.1, 0.15) is 25.1 Å². The number of hydrogen-bond donors (Lipinski definition) is 0. The van der Waals surface area contributed by atoms with Crippen molar-refractivity contribution in [1.29, 1.82) is 0 Å². The highest BCUT2D eigenvalue weighted by Crippen LogP contribution is 2.54. The van der Waals surface area contributed by atoms with Crippen LogP contribution in [0.3, 0.4) is 0 Å². The van der Waals surface area contributed by atoms with E-state index in [1.54, 1.807) is 0 Å². The molecule has 0 bridgehead atoms. The Balaban J connectivity index is 1.15. The minimum absolute atomic E-state index is 0.312. The molecular weight excluding hydrogens is 641 g/mol. The summed E-state index contributed by atoms with van der Waals surface area (Å²) in [5.74, 6) is 0.757. The molecule has 1 heterocycles. The second-order valence-corrected chi connectivity index (χ2v) is 14.6. The van der Waals surface area contributed by atoms with E-state index in [1.807, 2.05) is 0 Å². The molecule has 0 aliphatic heterocycles. The van der Waals surface area contributed by atoms with Crippen molar-refractivity contribution >= 4 is 21.5 Å². The van der Waals surface area contributed by atoms with E-state index in [9.17, 15) is 0 Å². The number of aromatic nitrogens is 2. The monoisotopic (exact) mass is 676 g/mol. The zero-order valence-corrected chi connectivity index (χ0v) is 29.7. The van der Waals surface area contributed by atoms with Gasteiger partial charge in [0.25, 0.3) is 0 Å². The van der Waals surface area contributed by atoms with Crippen molar-refractivity contribution in [2.75, 3.05) is 0 Å². The molecular formula is C51H36N2. The van der Waals surface area contributed by atoms with Crippen molar-refractivity contribution in [3.8, 4) is 67.2 Å². The Morgan fingerprint density at radius 1 is 0.377 bits per heavy atom. The standard InChI is InChI=1S/C51H36N2/c1-51(2)45-30-29-37-16-7-9-23-43(37)46(45)47-48(52-50(53-49(47)51)44-24-12-17-36-15-6-8-22-42(36)44)41-21-11-20-40(32-41)39-19-10-18-38(31-39)35-27-25-34(26-28-35)33-13-4-3-5-14-33/h3-32H,1-2H3. The van der Waals surface area contributed by atoms with Crippen molar-refractivity contribution in [3.05, 3.63) is 193 Å². The average Bonchev–Trinajstić information content (AvgIpc) is 3.46. The predicted molar refractivity (Wildman–Crippen MR) is 222 cm³/mol. The Morgan fingerprint density at radius 3 is 1.62 bits per heavy atom. The highest BCUT2D eigenvalue weighted by atomic mass is 14.9. The van der Waals surface area contributed by atoms with E-state index in [-0.39, 0.29) is 5.41 Å². The lowest BCUT2D eigenvalue weighted by Gasteiger charge is -2.21. The molecule has 10 rings (SSSR count). The molecule has 250 valence electrons. The van der Waals surface area contributed by atoms with Crippen LogP contribution in [0, 0.1) is 0 Å². The number of nitrogens with zero attached hydrogens (tertiary/aromatic N) is 2. The van der Waals surface area contributed by atoms with Crippen molar-refractivity contribution in [2.45, 2.75) is 19.3 Å². The van der Waals surface area contributed by atoms with Crippen molar-refractivity contribution in [1.82, 2.24) is 9.97 Å². The molecule has 1 aliphatic rings. The fourth-order valence-electron chi connectivity index (χ4n) is 8.30. The maximum absolute atomic E-state index is 5.53. The molecule has 0 amide bonds. The molecule has 0 saturated heterocycles. The van der Waals surface area contributed by atoms with E-state index >= 15 is 0 Å². The zero-order valence-electron chi connectivity index (χ0n) is 29.7. The van der Waals surface area contributed by atoms with Gasteiger partial charge in [0.1, 0.15) is 0 Å². The van der Waals surface area contributed by atoms with E-state index in [0.29, 0.717) is 0 Å². The molecule has 0 unspecified atom stereocenters. The van der Waals surface area contributed by atoms with Crippen LogP contribution in [0.15, 0.2) is 182 Å². The van der Waals surface area contributed by atoms with Crippen LogP contribution in [-0.2, 0) is 5.41 Å². The Morgan fingerprint density at radius 2 is 0.887 bits per heavy atom. The van der Waals surface area contributed by atoms with Crippen LogP contribution in [0.25, 0.3) is 88.7 Å². The molecule has 0 N–H and O–H groups in total. The van der Waals surface area contributed by atoms with Gasteiger partial charge in [-0.2, -0.15) is 0 Å². The Labute approximate surface area is 310 Å². The molecule has 0 saturated carbocycles. The van der Waals surface area contributed by atoms with Gasteiger partial charge in [-0.05, 0) is 78.2 Å². The molecule has 2 nitrogen and oxygen atoms in total. The summed E-state index contributed by atoms with van der Waals surface area (Å²) in [5, 5.41) is 4.80. The summed E-state index contributed by atoms with van der Waals surface area (Å²) in [5.41, 5.74) is 14.7. The lowest BCUT2D eigenvalue weighted by molar-refractivity contribution is 0.636. The predicted octanol–water partition coefficient (Wildman–Crippen LogP) is 13.4. The minimum Gasteiger partial charge on any atom is -0.231 e. The zero-order chi connectivity index (χ0) is 35.5. The summed E-state index contributed by atoms with van der Waals surface area (Å²) in [4.78, 5) is 11.0. The summed E-state index contributed by atoms with van der Waals surface area (Å²) in [6.07, 6.45) is 0. The van der Waals surface area contributed by atoms with E-state index in [4.69, 9.17) is 9.97 Å². The summed E-state index contributed by atoms with van der Waals surface area (Å²) in [6.45, 7) is 4.62. The number of fused-ring (bicyclic) bond motifs is 6. The van der Waals surface area contributed by atoms with Gasteiger partial charge in [-0.15, -0.1) is 0 Å². The molecule has 1 aromatic heterocycles.